The minimum atomic E-state index is -4.27. The van der Waals surface area contributed by atoms with Crippen LogP contribution in [0.15, 0.2) is 53.6 Å². The molecule has 2 heterocycles. The molecule has 1 aliphatic rings. The monoisotopic (exact) mass is 516 g/mol. The van der Waals surface area contributed by atoms with Gasteiger partial charge in [0.1, 0.15) is 23.4 Å². The smallest absolute Gasteiger partial charge is 0.307 e. The molecule has 1 aliphatic heterocycles. The maximum Gasteiger partial charge on any atom is 0.307 e. The van der Waals surface area contributed by atoms with Gasteiger partial charge in [-0.3, -0.25) is 19.1 Å². The number of hydrogen-bond donors (Lipinski definition) is 1. The molecule has 0 saturated carbocycles. The molecule has 2 aromatic carbocycles. The largest absolute Gasteiger partial charge is 0.487 e. The first-order valence-corrected chi connectivity index (χ1v) is 12.9. The fraction of sp³-hybridized carbons (Fsp3) is 0.375. The standard InChI is InChI=1S/C24H28N4O7S/c1-4-34-28(20-12-24(30)33-15-20)36(31,32)23-10-9-19(26-17(3)29)11-22(23)35-16(2)14-27-21-8-6-5-7-18(21)13-25-27/h5-11,13,16,20H,4,12,14-15H2,1-3H3,(H,26,29)/t16-,20?/m1/s1. The van der Waals surface area contributed by atoms with E-state index in [-0.39, 0.29) is 36.2 Å². The third-order valence-corrected chi connectivity index (χ3v) is 7.25. The lowest BCUT2D eigenvalue weighted by molar-refractivity contribution is -0.138. The van der Waals surface area contributed by atoms with Crippen molar-refractivity contribution in [3.8, 4) is 5.75 Å². The molecule has 1 N–H and O–H groups in total. The van der Waals surface area contributed by atoms with Crippen LogP contribution in [-0.2, 0) is 35.7 Å². The Balaban J connectivity index is 1.67. The van der Waals surface area contributed by atoms with Crippen molar-refractivity contribution < 1.29 is 32.3 Å². The Morgan fingerprint density at radius 1 is 1.31 bits per heavy atom. The average molecular weight is 517 g/mol. The van der Waals surface area contributed by atoms with Crippen LogP contribution in [0.5, 0.6) is 5.75 Å². The fourth-order valence-electron chi connectivity index (χ4n) is 3.99. The maximum atomic E-state index is 13.7. The molecular formula is C24H28N4O7S. The second-order valence-electron chi connectivity index (χ2n) is 8.38. The second-order valence-corrected chi connectivity index (χ2v) is 10.1. The van der Waals surface area contributed by atoms with Crippen molar-refractivity contribution in [2.45, 2.75) is 50.8 Å². The van der Waals surface area contributed by atoms with Gasteiger partial charge < -0.3 is 14.8 Å². The molecule has 4 rings (SSSR count). The van der Waals surface area contributed by atoms with E-state index >= 15 is 0 Å². The van der Waals surface area contributed by atoms with Crippen LogP contribution >= 0.6 is 0 Å². The van der Waals surface area contributed by atoms with Gasteiger partial charge in [-0.25, -0.2) is 8.42 Å². The molecule has 11 nitrogen and oxygen atoms in total. The first kappa shape index (κ1) is 25.6. The Hall–Kier alpha value is -3.48. The van der Waals surface area contributed by atoms with Gasteiger partial charge in [0.25, 0.3) is 10.0 Å². The van der Waals surface area contributed by atoms with Crippen molar-refractivity contribution in [1.82, 2.24) is 14.2 Å². The lowest BCUT2D eigenvalue weighted by Gasteiger charge is -2.26. The molecule has 1 amide bonds. The first-order valence-electron chi connectivity index (χ1n) is 11.5. The van der Waals surface area contributed by atoms with Gasteiger partial charge in [0, 0.05) is 24.1 Å². The summed E-state index contributed by atoms with van der Waals surface area (Å²) < 4.78 is 41.1. The number of nitrogens with one attached hydrogen (secondary N) is 1. The van der Waals surface area contributed by atoms with E-state index in [4.69, 9.17) is 14.3 Å². The number of ether oxygens (including phenoxy) is 2. The number of fused-ring (bicyclic) bond motifs is 1. The topological polar surface area (TPSA) is 129 Å². The predicted octanol–water partition coefficient (Wildman–Crippen LogP) is 2.72. The minimum absolute atomic E-state index is 0.0279. The zero-order valence-electron chi connectivity index (χ0n) is 20.2. The molecule has 0 aliphatic carbocycles. The highest BCUT2D eigenvalue weighted by Crippen LogP contribution is 2.33. The summed E-state index contributed by atoms with van der Waals surface area (Å²) in [6.45, 7) is 5.09. The Bertz CT molecular complexity index is 1370. The average Bonchev–Trinajstić information content (AvgIpc) is 3.43. The molecular weight excluding hydrogens is 488 g/mol. The Morgan fingerprint density at radius 3 is 2.78 bits per heavy atom. The van der Waals surface area contributed by atoms with Gasteiger partial charge in [-0.15, -0.1) is 0 Å². The Labute approximate surface area is 208 Å². The third kappa shape index (κ3) is 5.50. The van der Waals surface area contributed by atoms with Crippen LogP contribution in [0.3, 0.4) is 0 Å². The summed E-state index contributed by atoms with van der Waals surface area (Å²) in [7, 11) is -4.27. The fourth-order valence-corrected chi connectivity index (χ4v) is 5.56. The van der Waals surface area contributed by atoms with Crippen molar-refractivity contribution >= 4 is 38.5 Å². The van der Waals surface area contributed by atoms with E-state index in [1.807, 2.05) is 24.3 Å². The molecule has 1 unspecified atom stereocenters. The number of anilines is 1. The van der Waals surface area contributed by atoms with E-state index in [0.29, 0.717) is 12.2 Å². The van der Waals surface area contributed by atoms with Crippen molar-refractivity contribution in [3.05, 3.63) is 48.7 Å². The molecule has 1 fully saturated rings. The van der Waals surface area contributed by atoms with E-state index in [2.05, 4.69) is 10.4 Å². The number of aromatic nitrogens is 2. The normalized spacial score (nSPS) is 16.8. The van der Waals surface area contributed by atoms with E-state index < -0.39 is 28.1 Å². The number of sulfonamides is 1. The van der Waals surface area contributed by atoms with Gasteiger partial charge in [-0.1, -0.05) is 22.7 Å². The van der Waals surface area contributed by atoms with E-state index in [0.717, 1.165) is 15.4 Å². The predicted molar refractivity (Wildman–Crippen MR) is 131 cm³/mol. The molecule has 1 saturated heterocycles. The maximum absolute atomic E-state index is 13.7. The molecule has 1 aromatic heterocycles. The highest BCUT2D eigenvalue weighted by molar-refractivity contribution is 7.89. The lowest BCUT2D eigenvalue weighted by atomic mass is 10.2. The summed E-state index contributed by atoms with van der Waals surface area (Å²) in [4.78, 5) is 28.6. The van der Waals surface area contributed by atoms with Crippen LogP contribution in [0.4, 0.5) is 5.69 Å². The summed E-state index contributed by atoms with van der Waals surface area (Å²) in [5, 5.41) is 8.02. The zero-order chi connectivity index (χ0) is 25.9. The number of carbonyl (C=O) groups is 2. The SMILES string of the molecule is CCON(C1COC(=O)C1)S(=O)(=O)c1ccc(NC(C)=O)cc1O[C@H](C)Cn1ncc2ccccc21. The van der Waals surface area contributed by atoms with Crippen LogP contribution in [0, 0.1) is 0 Å². The zero-order valence-corrected chi connectivity index (χ0v) is 21.0. The van der Waals surface area contributed by atoms with Gasteiger partial charge in [0.2, 0.25) is 5.91 Å². The second kappa shape index (κ2) is 10.6. The molecule has 12 heteroatoms. The van der Waals surface area contributed by atoms with E-state index in [1.165, 1.54) is 25.1 Å². The van der Waals surface area contributed by atoms with Crippen LogP contribution in [0.2, 0.25) is 0 Å². The van der Waals surface area contributed by atoms with Gasteiger partial charge in [-0.05, 0) is 32.0 Å². The highest BCUT2D eigenvalue weighted by Gasteiger charge is 2.40. The summed E-state index contributed by atoms with van der Waals surface area (Å²) in [5.74, 6) is -0.789. The number of para-hydroxylation sites is 1. The molecule has 36 heavy (non-hydrogen) atoms. The summed E-state index contributed by atoms with van der Waals surface area (Å²) >= 11 is 0. The molecule has 0 bridgehead atoms. The van der Waals surface area contributed by atoms with Crippen LogP contribution < -0.4 is 10.1 Å². The van der Waals surface area contributed by atoms with E-state index in [1.54, 1.807) is 24.7 Å². The van der Waals surface area contributed by atoms with Crippen molar-refractivity contribution in [2.75, 3.05) is 18.5 Å². The molecule has 0 spiro atoms. The van der Waals surface area contributed by atoms with Gasteiger partial charge in [0.05, 0.1) is 37.3 Å². The van der Waals surface area contributed by atoms with Crippen molar-refractivity contribution in [3.63, 3.8) is 0 Å². The first-order chi connectivity index (χ1) is 17.2. The minimum Gasteiger partial charge on any atom is -0.487 e. The van der Waals surface area contributed by atoms with Crippen molar-refractivity contribution in [2.24, 2.45) is 0 Å². The number of nitrogens with zero attached hydrogens (tertiary/aromatic N) is 3. The Kier molecular flexibility index (Phi) is 7.57. The van der Waals surface area contributed by atoms with Crippen LogP contribution in [0.25, 0.3) is 10.9 Å². The summed E-state index contributed by atoms with van der Waals surface area (Å²) in [6, 6.07) is 11.2. The number of hydrogen-bond acceptors (Lipinski definition) is 8. The number of cyclic esters (lactones) is 1. The Morgan fingerprint density at radius 2 is 2.08 bits per heavy atom. The molecule has 2 atom stereocenters. The van der Waals surface area contributed by atoms with Gasteiger partial charge >= 0.3 is 5.97 Å². The number of rotatable bonds is 10. The highest BCUT2D eigenvalue weighted by atomic mass is 32.2. The third-order valence-electron chi connectivity index (χ3n) is 5.48. The molecule has 192 valence electrons. The number of esters is 1. The number of benzene rings is 2. The molecule has 3 aromatic rings. The van der Waals surface area contributed by atoms with Crippen LogP contribution in [0.1, 0.15) is 27.2 Å². The number of carbonyl (C=O) groups excluding carboxylic acids is 2. The van der Waals surface area contributed by atoms with E-state index in [9.17, 15) is 18.0 Å². The van der Waals surface area contributed by atoms with Gasteiger partial charge in [0.15, 0.2) is 0 Å². The lowest BCUT2D eigenvalue weighted by Crippen LogP contribution is -2.41. The molecule has 0 radical (unpaired) electrons. The summed E-state index contributed by atoms with van der Waals surface area (Å²) in [5.41, 5.74) is 1.29. The number of amides is 1. The number of hydroxylamine groups is 1. The van der Waals surface area contributed by atoms with Crippen LogP contribution in [-0.4, -0.2) is 59.9 Å². The van der Waals surface area contributed by atoms with Gasteiger partial charge in [-0.2, -0.15) is 5.10 Å². The van der Waals surface area contributed by atoms with Crippen molar-refractivity contribution in [1.29, 1.82) is 0 Å². The summed E-state index contributed by atoms with van der Waals surface area (Å²) in [6.07, 6.45) is 1.13. The quantitative estimate of drug-likeness (QED) is 0.322.